The van der Waals surface area contributed by atoms with Crippen molar-refractivity contribution in [3.05, 3.63) is 28.8 Å². The number of halogens is 3. The molecular formula is C10H10ClF2NO3. The summed E-state index contributed by atoms with van der Waals surface area (Å²) in [7, 11) is 0. The average molecular weight is 266 g/mol. The molecule has 0 aliphatic rings. The van der Waals surface area contributed by atoms with Crippen molar-refractivity contribution in [2.45, 2.75) is 19.1 Å². The van der Waals surface area contributed by atoms with Gasteiger partial charge in [0, 0.05) is 16.6 Å². The maximum Gasteiger partial charge on any atom is 0.387 e. The third-order valence-corrected chi connectivity index (χ3v) is 2.22. The highest BCUT2D eigenvalue weighted by molar-refractivity contribution is 6.30. The third kappa shape index (κ3) is 4.16. The number of aliphatic carboxylic acids is 1. The molecule has 0 aliphatic heterocycles. The standard InChI is InChI=1S/C10H10ClF2NO3/c11-5-1-2-8(17-10(12)13)6(3-5)7(14)4-9(15)16/h1-3,7,10H,4,14H2,(H,15,16)/t7-/m1/s1. The van der Waals surface area contributed by atoms with Crippen molar-refractivity contribution >= 4 is 17.6 Å². The van der Waals surface area contributed by atoms with Crippen LogP contribution in [0.2, 0.25) is 5.02 Å². The number of benzene rings is 1. The highest BCUT2D eigenvalue weighted by atomic mass is 35.5. The number of carboxylic acids is 1. The quantitative estimate of drug-likeness (QED) is 0.857. The summed E-state index contributed by atoms with van der Waals surface area (Å²) < 4.78 is 28.5. The number of alkyl halides is 2. The Hall–Kier alpha value is -1.40. The van der Waals surface area contributed by atoms with Crippen LogP contribution in [0.3, 0.4) is 0 Å². The number of nitrogens with two attached hydrogens (primary N) is 1. The third-order valence-electron chi connectivity index (χ3n) is 1.98. The Morgan fingerprint density at radius 2 is 2.18 bits per heavy atom. The minimum absolute atomic E-state index is 0.139. The fourth-order valence-electron chi connectivity index (χ4n) is 1.31. The fourth-order valence-corrected chi connectivity index (χ4v) is 1.49. The summed E-state index contributed by atoms with van der Waals surface area (Å²) in [5.41, 5.74) is 5.72. The van der Waals surface area contributed by atoms with Gasteiger partial charge >= 0.3 is 12.6 Å². The SMILES string of the molecule is N[C@H](CC(=O)O)c1cc(Cl)ccc1OC(F)F. The topological polar surface area (TPSA) is 72.6 Å². The van der Waals surface area contributed by atoms with Crippen molar-refractivity contribution in [1.29, 1.82) is 0 Å². The van der Waals surface area contributed by atoms with E-state index in [0.29, 0.717) is 0 Å². The maximum absolute atomic E-state index is 12.1. The molecule has 0 spiro atoms. The first-order valence-electron chi connectivity index (χ1n) is 4.61. The molecule has 0 unspecified atom stereocenters. The summed E-state index contributed by atoms with van der Waals surface area (Å²) in [5.74, 6) is -1.31. The van der Waals surface area contributed by atoms with Crippen LogP contribution in [-0.4, -0.2) is 17.7 Å². The van der Waals surface area contributed by atoms with Crippen LogP contribution in [0, 0.1) is 0 Å². The molecule has 0 aromatic heterocycles. The second-order valence-electron chi connectivity index (χ2n) is 3.27. The summed E-state index contributed by atoms with van der Waals surface area (Å²) in [6.45, 7) is -3.01. The largest absolute Gasteiger partial charge is 0.481 e. The van der Waals surface area contributed by atoms with Crippen LogP contribution in [0.1, 0.15) is 18.0 Å². The molecule has 1 aromatic carbocycles. The molecule has 3 N–H and O–H groups in total. The monoisotopic (exact) mass is 265 g/mol. The molecule has 0 saturated carbocycles. The van der Waals surface area contributed by atoms with Gasteiger partial charge in [-0.1, -0.05) is 11.6 Å². The van der Waals surface area contributed by atoms with Gasteiger partial charge in [0.25, 0.3) is 0 Å². The van der Waals surface area contributed by atoms with Crippen LogP contribution in [0.15, 0.2) is 18.2 Å². The maximum atomic E-state index is 12.1. The zero-order valence-electron chi connectivity index (χ0n) is 8.57. The van der Waals surface area contributed by atoms with E-state index < -0.39 is 25.0 Å². The number of hydrogen-bond donors (Lipinski definition) is 2. The summed E-state index contributed by atoms with van der Waals surface area (Å²) >= 11 is 5.69. The molecule has 0 bridgehead atoms. The minimum atomic E-state index is -3.01. The fraction of sp³-hybridized carbons (Fsp3) is 0.300. The van der Waals surface area contributed by atoms with Crippen LogP contribution >= 0.6 is 11.6 Å². The zero-order valence-corrected chi connectivity index (χ0v) is 9.32. The summed E-state index contributed by atoms with van der Waals surface area (Å²) in [4.78, 5) is 10.5. The van der Waals surface area contributed by atoms with E-state index in [9.17, 15) is 13.6 Å². The molecule has 1 rings (SSSR count). The number of carbonyl (C=O) groups is 1. The summed E-state index contributed by atoms with van der Waals surface area (Å²) in [6, 6.07) is 2.94. The molecule has 7 heteroatoms. The van der Waals surface area contributed by atoms with Crippen LogP contribution in [0.4, 0.5) is 8.78 Å². The second-order valence-corrected chi connectivity index (χ2v) is 3.70. The Morgan fingerprint density at radius 1 is 1.53 bits per heavy atom. The van der Waals surface area contributed by atoms with Gasteiger partial charge in [-0.05, 0) is 18.2 Å². The van der Waals surface area contributed by atoms with Crippen molar-refractivity contribution < 1.29 is 23.4 Å². The molecule has 0 aliphatic carbocycles. The molecule has 4 nitrogen and oxygen atoms in total. The molecule has 0 heterocycles. The van der Waals surface area contributed by atoms with Crippen molar-refractivity contribution in [2.24, 2.45) is 5.73 Å². The van der Waals surface area contributed by atoms with Gasteiger partial charge in [-0.3, -0.25) is 4.79 Å². The Balaban J connectivity index is 3.01. The van der Waals surface area contributed by atoms with Crippen LogP contribution in [-0.2, 0) is 4.79 Å². The predicted octanol–water partition coefficient (Wildman–Crippen LogP) is 2.42. The van der Waals surface area contributed by atoms with Crippen molar-refractivity contribution in [3.63, 3.8) is 0 Å². The van der Waals surface area contributed by atoms with E-state index in [2.05, 4.69) is 4.74 Å². The lowest BCUT2D eigenvalue weighted by Gasteiger charge is -2.15. The van der Waals surface area contributed by atoms with E-state index in [1.165, 1.54) is 18.2 Å². The van der Waals surface area contributed by atoms with E-state index >= 15 is 0 Å². The Morgan fingerprint density at radius 3 is 2.71 bits per heavy atom. The number of hydrogen-bond acceptors (Lipinski definition) is 3. The molecule has 0 fully saturated rings. The van der Waals surface area contributed by atoms with Crippen molar-refractivity contribution in [3.8, 4) is 5.75 Å². The molecule has 17 heavy (non-hydrogen) atoms. The molecule has 0 saturated heterocycles. The first-order valence-corrected chi connectivity index (χ1v) is 4.99. The van der Waals surface area contributed by atoms with Crippen molar-refractivity contribution in [1.82, 2.24) is 0 Å². The highest BCUT2D eigenvalue weighted by Crippen LogP contribution is 2.30. The van der Waals surface area contributed by atoms with E-state index in [1.807, 2.05) is 0 Å². The second kappa shape index (κ2) is 5.79. The summed E-state index contributed by atoms with van der Waals surface area (Å²) in [5, 5.41) is 8.85. The van der Waals surface area contributed by atoms with Gasteiger partial charge in [0.05, 0.1) is 6.42 Å². The van der Waals surface area contributed by atoms with E-state index in [1.54, 1.807) is 0 Å². The lowest BCUT2D eigenvalue weighted by atomic mass is 10.0. The first-order chi connectivity index (χ1) is 7.90. The van der Waals surface area contributed by atoms with Crippen LogP contribution in [0.25, 0.3) is 0 Å². The molecule has 1 aromatic rings. The van der Waals surface area contributed by atoms with Gasteiger partial charge in [-0.15, -0.1) is 0 Å². The zero-order chi connectivity index (χ0) is 13.0. The van der Waals surface area contributed by atoms with Gasteiger partial charge in [0.2, 0.25) is 0 Å². The van der Waals surface area contributed by atoms with Gasteiger partial charge < -0.3 is 15.6 Å². The normalized spacial score (nSPS) is 12.5. The van der Waals surface area contributed by atoms with Gasteiger partial charge in [-0.25, -0.2) is 0 Å². The number of rotatable bonds is 5. The number of ether oxygens (including phenoxy) is 1. The Bertz CT molecular complexity index is 415. The number of carboxylic acid groups (broad SMARTS) is 1. The lowest BCUT2D eigenvalue weighted by Crippen LogP contribution is -2.17. The molecule has 1 atom stereocenters. The van der Waals surface area contributed by atoms with Crippen LogP contribution < -0.4 is 10.5 Å². The van der Waals surface area contributed by atoms with E-state index in [-0.39, 0.29) is 16.3 Å². The van der Waals surface area contributed by atoms with Gasteiger partial charge in [-0.2, -0.15) is 8.78 Å². The molecular weight excluding hydrogens is 256 g/mol. The minimum Gasteiger partial charge on any atom is -0.481 e. The van der Waals surface area contributed by atoms with E-state index in [0.717, 1.165) is 0 Å². The first kappa shape index (κ1) is 13.7. The van der Waals surface area contributed by atoms with Gasteiger partial charge in [0.15, 0.2) is 0 Å². The summed E-state index contributed by atoms with van der Waals surface area (Å²) in [6.07, 6.45) is -0.403. The average Bonchev–Trinajstić information content (AvgIpc) is 2.19. The Kier molecular flexibility index (Phi) is 4.65. The molecule has 0 amide bonds. The predicted molar refractivity (Wildman–Crippen MR) is 57.3 cm³/mol. The molecule has 94 valence electrons. The smallest absolute Gasteiger partial charge is 0.387 e. The molecule has 0 radical (unpaired) electrons. The lowest BCUT2D eigenvalue weighted by molar-refractivity contribution is -0.137. The highest BCUT2D eigenvalue weighted by Gasteiger charge is 2.18. The van der Waals surface area contributed by atoms with Gasteiger partial charge in [0.1, 0.15) is 5.75 Å². The van der Waals surface area contributed by atoms with Crippen molar-refractivity contribution in [2.75, 3.05) is 0 Å². The Labute approximate surface area is 101 Å². The van der Waals surface area contributed by atoms with E-state index in [4.69, 9.17) is 22.4 Å². The van der Waals surface area contributed by atoms with Crippen LogP contribution in [0.5, 0.6) is 5.75 Å².